The summed E-state index contributed by atoms with van der Waals surface area (Å²) < 4.78 is 27.9. The van der Waals surface area contributed by atoms with Crippen molar-refractivity contribution in [2.24, 2.45) is 5.92 Å². The van der Waals surface area contributed by atoms with E-state index in [1.165, 1.54) is 0 Å². The van der Waals surface area contributed by atoms with E-state index in [1.54, 1.807) is 0 Å². The Kier molecular flexibility index (Phi) is 3.87. The van der Waals surface area contributed by atoms with Crippen LogP contribution in [0.3, 0.4) is 0 Å². The number of sulfone groups is 1. The van der Waals surface area contributed by atoms with Gasteiger partial charge in [0.05, 0.1) is 18.1 Å². The third-order valence-electron chi connectivity index (χ3n) is 3.73. The molecule has 2 aliphatic heterocycles. The predicted octanol–water partition coefficient (Wildman–Crippen LogP) is 0.578. The number of ether oxygens (including phenoxy) is 1. The van der Waals surface area contributed by atoms with Crippen molar-refractivity contribution in [2.45, 2.75) is 38.3 Å². The molecule has 0 saturated carbocycles. The molecule has 2 fully saturated rings. The second-order valence-electron chi connectivity index (χ2n) is 5.01. The van der Waals surface area contributed by atoms with Crippen molar-refractivity contribution < 1.29 is 13.2 Å². The molecule has 94 valence electrons. The van der Waals surface area contributed by atoms with Crippen molar-refractivity contribution in [1.29, 1.82) is 0 Å². The lowest BCUT2D eigenvalue weighted by Crippen LogP contribution is -2.45. The minimum atomic E-state index is -2.74. The zero-order valence-electron chi connectivity index (χ0n) is 9.81. The van der Waals surface area contributed by atoms with Crippen LogP contribution in [0.25, 0.3) is 0 Å². The van der Waals surface area contributed by atoms with Crippen molar-refractivity contribution >= 4 is 9.84 Å². The van der Waals surface area contributed by atoms with Gasteiger partial charge in [-0.1, -0.05) is 0 Å². The Balaban J connectivity index is 1.77. The highest BCUT2D eigenvalue weighted by atomic mass is 32.2. The Morgan fingerprint density at radius 1 is 1.25 bits per heavy atom. The summed E-state index contributed by atoms with van der Waals surface area (Å²) in [5.74, 6) is 1.29. The van der Waals surface area contributed by atoms with Gasteiger partial charge >= 0.3 is 0 Å². The Bertz CT molecular complexity index is 308. The van der Waals surface area contributed by atoms with E-state index < -0.39 is 9.84 Å². The predicted molar refractivity (Wildman–Crippen MR) is 63.2 cm³/mol. The van der Waals surface area contributed by atoms with Crippen LogP contribution in [0.5, 0.6) is 0 Å². The van der Waals surface area contributed by atoms with Gasteiger partial charge in [0.15, 0.2) is 0 Å². The summed E-state index contributed by atoms with van der Waals surface area (Å²) in [6.07, 6.45) is 2.65. The molecule has 0 bridgehead atoms. The molecule has 0 aromatic carbocycles. The Morgan fingerprint density at radius 3 is 2.50 bits per heavy atom. The van der Waals surface area contributed by atoms with Crippen LogP contribution in [0.1, 0.15) is 26.2 Å². The molecule has 2 rings (SSSR count). The molecule has 5 heteroatoms. The van der Waals surface area contributed by atoms with Crippen molar-refractivity contribution in [1.82, 2.24) is 5.32 Å². The SMILES string of the molecule is CC(NC1CCS(=O)(=O)CC1)C1CCOC1. The monoisotopic (exact) mass is 247 g/mol. The van der Waals surface area contributed by atoms with Gasteiger partial charge in [0.1, 0.15) is 9.84 Å². The second kappa shape index (κ2) is 5.02. The van der Waals surface area contributed by atoms with Gasteiger partial charge in [0, 0.05) is 18.7 Å². The highest BCUT2D eigenvalue weighted by molar-refractivity contribution is 7.91. The molecule has 0 radical (unpaired) electrons. The quantitative estimate of drug-likeness (QED) is 0.792. The Morgan fingerprint density at radius 2 is 1.94 bits per heavy atom. The molecule has 0 spiro atoms. The first-order valence-corrected chi connectivity index (χ1v) is 7.93. The van der Waals surface area contributed by atoms with Crippen molar-refractivity contribution in [3.63, 3.8) is 0 Å². The molecular formula is C11H21NO3S. The summed E-state index contributed by atoms with van der Waals surface area (Å²) in [7, 11) is -2.74. The fraction of sp³-hybridized carbons (Fsp3) is 1.00. The molecule has 2 unspecified atom stereocenters. The Hall–Kier alpha value is -0.130. The van der Waals surface area contributed by atoms with Crippen LogP contribution in [0.4, 0.5) is 0 Å². The van der Waals surface area contributed by atoms with E-state index in [4.69, 9.17) is 4.74 Å². The largest absolute Gasteiger partial charge is 0.381 e. The molecule has 2 aliphatic rings. The lowest BCUT2D eigenvalue weighted by molar-refractivity contribution is 0.176. The van der Waals surface area contributed by atoms with Gasteiger partial charge in [-0.05, 0) is 32.1 Å². The van der Waals surface area contributed by atoms with Gasteiger partial charge in [0.2, 0.25) is 0 Å². The van der Waals surface area contributed by atoms with Crippen LogP contribution in [0, 0.1) is 5.92 Å². The third kappa shape index (κ3) is 3.18. The smallest absolute Gasteiger partial charge is 0.150 e. The highest BCUT2D eigenvalue weighted by Gasteiger charge is 2.28. The summed E-state index contributed by atoms with van der Waals surface area (Å²) in [5.41, 5.74) is 0. The highest BCUT2D eigenvalue weighted by Crippen LogP contribution is 2.19. The maximum Gasteiger partial charge on any atom is 0.150 e. The fourth-order valence-corrected chi connectivity index (χ4v) is 4.00. The van der Waals surface area contributed by atoms with E-state index >= 15 is 0 Å². The van der Waals surface area contributed by atoms with Gasteiger partial charge in [-0.25, -0.2) is 8.42 Å². The topological polar surface area (TPSA) is 55.4 Å². The molecule has 1 N–H and O–H groups in total. The molecule has 0 aromatic rings. The minimum Gasteiger partial charge on any atom is -0.381 e. The molecule has 16 heavy (non-hydrogen) atoms. The average molecular weight is 247 g/mol. The first-order valence-electron chi connectivity index (χ1n) is 6.11. The number of hydrogen-bond acceptors (Lipinski definition) is 4. The van der Waals surface area contributed by atoms with Crippen molar-refractivity contribution in [3.8, 4) is 0 Å². The van der Waals surface area contributed by atoms with E-state index in [0.717, 1.165) is 32.5 Å². The minimum absolute atomic E-state index is 0.346. The van der Waals surface area contributed by atoms with Crippen LogP contribution in [-0.2, 0) is 14.6 Å². The summed E-state index contributed by atoms with van der Waals surface area (Å²) in [6.45, 7) is 3.90. The molecule has 2 saturated heterocycles. The molecule has 0 aliphatic carbocycles. The standard InChI is InChI=1S/C11H21NO3S/c1-9(10-2-5-15-8-10)12-11-3-6-16(13,14)7-4-11/h9-12H,2-8H2,1H3. The first-order chi connectivity index (χ1) is 7.57. The molecule has 0 amide bonds. The Labute approximate surface area is 97.7 Å². The summed E-state index contributed by atoms with van der Waals surface area (Å²) >= 11 is 0. The van der Waals surface area contributed by atoms with Gasteiger partial charge in [0.25, 0.3) is 0 Å². The van der Waals surface area contributed by atoms with E-state index in [2.05, 4.69) is 12.2 Å². The van der Waals surface area contributed by atoms with Crippen LogP contribution < -0.4 is 5.32 Å². The summed E-state index contributed by atoms with van der Waals surface area (Å²) in [4.78, 5) is 0. The van der Waals surface area contributed by atoms with Crippen molar-refractivity contribution in [3.05, 3.63) is 0 Å². The molecule has 2 heterocycles. The lowest BCUT2D eigenvalue weighted by Gasteiger charge is -2.29. The molecule has 0 aromatic heterocycles. The zero-order chi connectivity index (χ0) is 11.6. The van der Waals surface area contributed by atoms with Crippen LogP contribution >= 0.6 is 0 Å². The summed E-state index contributed by atoms with van der Waals surface area (Å²) in [5, 5.41) is 3.55. The second-order valence-corrected chi connectivity index (χ2v) is 7.31. The van der Waals surface area contributed by atoms with E-state index in [0.29, 0.717) is 29.5 Å². The van der Waals surface area contributed by atoms with Gasteiger partial charge in [-0.2, -0.15) is 0 Å². The maximum atomic E-state index is 11.3. The summed E-state index contributed by atoms with van der Waals surface area (Å²) in [6, 6.07) is 0.812. The first kappa shape index (κ1) is 12.3. The van der Waals surface area contributed by atoms with Gasteiger partial charge < -0.3 is 10.1 Å². The molecule has 4 nitrogen and oxygen atoms in total. The number of hydrogen-bond donors (Lipinski definition) is 1. The average Bonchev–Trinajstić information content (AvgIpc) is 2.74. The van der Waals surface area contributed by atoms with E-state index in [9.17, 15) is 8.42 Å². The van der Waals surface area contributed by atoms with Gasteiger partial charge in [-0.3, -0.25) is 0 Å². The maximum absolute atomic E-state index is 11.3. The number of nitrogens with one attached hydrogen (secondary N) is 1. The van der Waals surface area contributed by atoms with Crippen molar-refractivity contribution in [2.75, 3.05) is 24.7 Å². The third-order valence-corrected chi connectivity index (χ3v) is 5.44. The normalized spacial score (nSPS) is 32.7. The van der Waals surface area contributed by atoms with Crippen LogP contribution in [0.2, 0.25) is 0 Å². The zero-order valence-corrected chi connectivity index (χ0v) is 10.6. The fourth-order valence-electron chi connectivity index (χ4n) is 2.51. The van der Waals surface area contributed by atoms with Crippen LogP contribution in [0.15, 0.2) is 0 Å². The van der Waals surface area contributed by atoms with Crippen LogP contribution in [-0.4, -0.2) is 45.2 Å². The lowest BCUT2D eigenvalue weighted by atomic mass is 9.99. The molecule has 2 atom stereocenters. The van der Waals surface area contributed by atoms with E-state index in [1.807, 2.05) is 0 Å². The molecular weight excluding hydrogens is 226 g/mol. The number of rotatable bonds is 3. The van der Waals surface area contributed by atoms with E-state index in [-0.39, 0.29) is 0 Å². The van der Waals surface area contributed by atoms with Gasteiger partial charge in [-0.15, -0.1) is 0 Å².